The van der Waals surface area contributed by atoms with Crippen molar-refractivity contribution in [3.8, 4) is 5.75 Å². The normalized spacial score (nSPS) is 17.4. The van der Waals surface area contributed by atoms with Gasteiger partial charge in [-0.15, -0.1) is 0 Å². The molecule has 1 aliphatic heterocycles. The molecule has 21 heavy (non-hydrogen) atoms. The summed E-state index contributed by atoms with van der Waals surface area (Å²) in [6.45, 7) is 2.03. The van der Waals surface area contributed by atoms with Gasteiger partial charge in [0.25, 0.3) is 0 Å². The molecule has 110 valence electrons. The van der Waals surface area contributed by atoms with E-state index in [1.54, 1.807) is 6.07 Å². The van der Waals surface area contributed by atoms with E-state index in [1.165, 1.54) is 12.1 Å². The standard InChI is InChI=1S/C18H20FNO/c19-16-7-4-8-17(13-16)21-18(14-5-2-1-3-6-14)15-9-11-20-12-10-15/h1-8,13,15,18,20H,9-12H2/i19-1. The molecule has 0 amide bonds. The average molecular weight is 284 g/mol. The Labute approximate surface area is 125 Å². The highest BCUT2D eigenvalue weighted by Crippen LogP contribution is 2.33. The topological polar surface area (TPSA) is 21.3 Å². The van der Waals surface area contributed by atoms with Crippen molar-refractivity contribution < 1.29 is 9.13 Å². The van der Waals surface area contributed by atoms with Crippen LogP contribution in [0, 0.1) is 11.7 Å². The molecule has 1 heterocycles. The molecule has 0 aromatic heterocycles. The minimum atomic E-state index is -0.260. The maximum Gasteiger partial charge on any atom is 0.127 e. The van der Waals surface area contributed by atoms with Crippen LogP contribution < -0.4 is 10.1 Å². The van der Waals surface area contributed by atoms with E-state index < -0.39 is 0 Å². The molecule has 0 radical (unpaired) electrons. The summed E-state index contributed by atoms with van der Waals surface area (Å²) in [6.07, 6.45) is 2.14. The number of rotatable bonds is 4. The minimum Gasteiger partial charge on any atom is -0.485 e. The molecule has 2 nitrogen and oxygen atoms in total. The summed E-state index contributed by atoms with van der Waals surface area (Å²) in [7, 11) is 0. The van der Waals surface area contributed by atoms with Gasteiger partial charge in [0.1, 0.15) is 17.7 Å². The molecule has 1 N–H and O–H groups in total. The van der Waals surface area contributed by atoms with Crippen molar-refractivity contribution in [2.24, 2.45) is 5.92 Å². The smallest absolute Gasteiger partial charge is 0.127 e. The third-order valence-corrected chi connectivity index (χ3v) is 4.00. The number of piperidine rings is 1. The monoisotopic (exact) mass is 284 g/mol. The maximum absolute atomic E-state index is 13.4. The van der Waals surface area contributed by atoms with E-state index in [1.807, 2.05) is 24.3 Å². The summed E-state index contributed by atoms with van der Waals surface area (Å²) in [5.74, 6) is 0.795. The fourth-order valence-electron chi connectivity index (χ4n) is 2.91. The van der Waals surface area contributed by atoms with Crippen LogP contribution in [0.1, 0.15) is 24.5 Å². The Morgan fingerprint density at radius 2 is 1.76 bits per heavy atom. The Balaban J connectivity index is 1.85. The van der Waals surface area contributed by atoms with E-state index in [9.17, 15) is 4.39 Å². The first kappa shape index (κ1) is 14.1. The summed E-state index contributed by atoms with van der Waals surface area (Å²) >= 11 is 0. The number of hydrogen-bond donors (Lipinski definition) is 1. The second kappa shape index (κ2) is 6.72. The first-order valence-corrected chi connectivity index (χ1v) is 7.51. The molecule has 2 aromatic rings. The van der Waals surface area contributed by atoms with Gasteiger partial charge < -0.3 is 10.1 Å². The van der Waals surface area contributed by atoms with Gasteiger partial charge in [0.15, 0.2) is 0 Å². The van der Waals surface area contributed by atoms with E-state index >= 15 is 0 Å². The molecule has 0 saturated carbocycles. The van der Waals surface area contributed by atoms with Gasteiger partial charge in [-0.25, -0.2) is 4.39 Å². The van der Waals surface area contributed by atoms with E-state index in [2.05, 4.69) is 17.4 Å². The van der Waals surface area contributed by atoms with Crippen molar-refractivity contribution in [1.82, 2.24) is 5.32 Å². The molecule has 2 aromatic carbocycles. The van der Waals surface area contributed by atoms with Crippen LogP contribution in [0.25, 0.3) is 0 Å². The summed E-state index contributed by atoms with van der Waals surface area (Å²) < 4.78 is 19.5. The zero-order valence-electron chi connectivity index (χ0n) is 12.0. The highest BCUT2D eigenvalue weighted by atomic mass is 18.2. The predicted octanol–water partition coefficient (Wildman–Crippen LogP) is 3.95. The van der Waals surface area contributed by atoms with Gasteiger partial charge in [-0.2, -0.15) is 0 Å². The number of halogens is 1. The average Bonchev–Trinajstić information content (AvgIpc) is 2.54. The van der Waals surface area contributed by atoms with Gasteiger partial charge in [-0.1, -0.05) is 36.4 Å². The number of benzene rings is 2. The van der Waals surface area contributed by atoms with Gasteiger partial charge >= 0.3 is 0 Å². The van der Waals surface area contributed by atoms with E-state index in [-0.39, 0.29) is 11.9 Å². The lowest BCUT2D eigenvalue weighted by Gasteiger charge is -2.31. The lowest BCUT2D eigenvalue weighted by molar-refractivity contribution is 0.112. The van der Waals surface area contributed by atoms with Crippen molar-refractivity contribution in [3.63, 3.8) is 0 Å². The van der Waals surface area contributed by atoms with Crippen LogP contribution in [0.5, 0.6) is 5.75 Å². The number of ether oxygens (including phenoxy) is 1. The molecule has 1 aliphatic rings. The van der Waals surface area contributed by atoms with Gasteiger partial charge in [0, 0.05) is 12.0 Å². The van der Waals surface area contributed by atoms with Crippen LogP contribution in [-0.4, -0.2) is 13.1 Å². The molecule has 0 aliphatic carbocycles. The van der Waals surface area contributed by atoms with Crippen molar-refractivity contribution in [2.75, 3.05) is 13.1 Å². The maximum atomic E-state index is 13.4. The second-order valence-corrected chi connectivity index (χ2v) is 5.49. The van der Waals surface area contributed by atoms with Gasteiger partial charge in [-0.3, -0.25) is 0 Å². The zero-order chi connectivity index (χ0) is 14.5. The van der Waals surface area contributed by atoms with Crippen LogP contribution >= 0.6 is 0 Å². The summed E-state index contributed by atoms with van der Waals surface area (Å²) in [4.78, 5) is 0. The van der Waals surface area contributed by atoms with E-state index in [4.69, 9.17) is 4.74 Å². The minimum absolute atomic E-state index is 0.0184. The highest BCUT2D eigenvalue weighted by Gasteiger charge is 2.26. The summed E-state index contributed by atoms with van der Waals surface area (Å²) in [5, 5.41) is 3.38. The molecular weight excluding hydrogens is 264 g/mol. The molecule has 1 saturated heterocycles. The van der Waals surface area contributed by atoms with Crippen molar-refractivity contribution in [1.29, 1.82) is 0 Å². The Kier molecular flexibility index (Phi) is 4.51. The molecule has 0 spiro atoms. The van der Waals surface area contributed by atoms with E-state index in [0.717, 1.165) is 31.5 Å². The first-order chi connectivity index (χ1) is 10.3. The lowest BCUT2D eigenvalue weighted by atomic mass is 9.88. The molecule has 1 atom stereocenters. The Morgan fingerprint density at radius 1 is 1.00 bits per heavy atom. The van der Waals surface area contributed by atoms with Crippen molar-refractivity contribution in [2.45, 2.75) is 18.9 Å². The number of hydrogen-bond acceptors (Lipinski definition) is 2. The van der Waals surface area contributed by atoms with Gasteiger partial charge in [0.2, 0.25) is 0 Å². The quantitative estimate of drug-likeness (QED) is 0.918. The van der Waals surface area contributed by atoms with Gasteiger partial charge in [0.05, 0.1) is 0 Å². The Bertz CT molecular complexity index is 566. The first-order valence-electron chi connectivity index (χ1n) is 7.51. The van der Waals surface area contributed by atoms with Crippen LogP contribution in [0.3, 0.4) is 0 Å². The van der Waals surface area contributed by atoms with Crippen LogP contribution in [0.15, 0.2) is 54.6 Å². The number of nitrogens with one attached hydrogen (secondary N) is 1. The summed E-state index contributed by atoms with van der Waals surface area (Å²) in [5.41, 5.74) is 1.16. The summed E-state index contributed by atoms with van der Waals surface area (Å²) in [6, 6.07) is 16.6. The SMILES string of the molecule is [18F]c1cccc(OC(c2ccccc2)C2CCNCC2)c1. The van der Waals surface area contributed by atoms with Crippen molar-refractivity contribution in [3.05, 3.63) is 66.0 Å². The molecule has 0 bridgehead atoms. The Morgan fingerprint density at radius 3 is 2.48 bits per heavy atom. The van der Waals surface area contributed by atoms with Crippen LogP contribution in [0.4, 0.5) is 4.39 Å². The fourth-order valence-corrected chi connectivity index (χ4v) is 2.91. The Hall–Kier alpha value is -1.87. The van der Waals surface area contributed by atoms with E-state index in [0.29, 0.717) is 11.7 Å². The predicted molar refractivity (Wildman–Crippen MR) is 81.8 cm³/mol. The fraction of sp³-hybridized carbons (Fsp3) is 0.333. The van der Waals surface area contributed by atoms with Gasteiger partial charge in [-0.05, 0) is 43.6 Å². The molecule has 1 fully saturated rings. The second-order valence-electron chi connectivity index (χ2n) is 5.49. The molecular formula is C18H20FNO. The van der Waals surface area contributed by atoms with Crippen molar-refractivity contribution >= 4 is 0 Å². The lowest BCUT2D eigenvalue weighted by Crippen LogP contribution is -2.32. The molecule has 1 unspecified atom stereocenters. The molecule has 3 rings (SSSR count). The largest absolute Gasteiger partial charge is 0.485 e. The third kappa shape index (κ3) is 3.61. The van der Waals surface area contributed by atoms with Crippen LogP contribution in [-0.2, 0) is 0 Å². The third-order valence-electron chi connectivity index (χ3n) is 4.00. The van der Waals surface area contributed by atoms with Crippen LogP contribution in [0.2, 0.25) is 0 Å². The molecule has 3 heteroatoms. The highest BCUT2D eigenvalue weighted by molar-refractivity contribution is 5.26. The zero-order valence-corrected chi connectivity index (χ0v) is 12.0.